The molecule has 0 aliphatic rings. The van der Waals surface area contributed by atoms with E-state index in [-0.39, 0.29) is 5.92 Å². The van der Waals surface area contributed by atoms with Crippen LogP contribution in [0.1, 0.15) is 33.3 Å². The summed E-state index contributed by atoms with van der Waals surface area (Å²) in [5, 5.41) is 8.56. The van der Waals surface area contributed by atoms with Gasteiger partial charge in [0.25, 0.3) is 0 Å². The van der Waals surface area contributed by atoms with E-state index in [1.54, 1.807) is 6.08 Å². The van der Waals surface area contributed by atoms with Gasteiger partial charge in [-0.3, -0.25) is 0 Å². The van der Waals surface area contributed by atoms with Crippen LogP contribution in [0.3, 0.4) is 0 Å². The van der Waals surface area contributed by atoms with Gasteiger partial charge in [0, 0.05) is 11.6 Å². The zero-order valence-electron chi connectivity index (χ0n) is 15.8. The van der Waals surface area contributed by atoms with E-state index in [9.17, 15) is 0 Å². The van der Waals surface area contributed by atoms with Crippen molar-refractivity contribution >= 4 is 11.8 Å². The maximum Gasteiger partial charge on any atom is 0.0448 e. The van der Waals surface area contributed by atoms with Crippen molar-refractivity contribution in [3.63, 3.8) is 0 Å². The molecule has 0 saturated carbocycles. The molecule has 0 bridgehead atoms. The van der Waals surface area contributed by atoms with Gasteiger partial charge in [0.2, 0.25) is 0 Å². The van der Waals surface area contributed by atoms with Crippen molar-refractivity contribution < 1.29 is 0 Å². The lowest BCUT2D eigenvalue weighted by molar-refractivity contribution is 0.990. The molecule has 0 aromatic heterocycles. The Morgan fingerprint density at radius 3 is 2.36 bits per heavy atom. The van der Waals surface area contributed by atoms with Crippen LogP contribution in [0.15, 0.2) is 96.2 Å². The average molecular weight is 332 g/mol. The molecule has 0 fully saturated rings. The second kappa shape index (κ2) is 11.0. The molecule has 0 aliphatic heterocycles. The van der Waals surface area contributed by atoms with E-state index in [2.05, 4.69) is 56.9 Å². The van der Waals surface area contributed by atoms with Crippen molar-refractivity contribution in [3.05, 3.63) is 102 Å². The van der Waals surface area contributed by atoms with Crippen molar-refractivity contribution in [2.45, 2.75) is 27.7 Å². The summed E-state index contributed by atoms with van der Waals surface area (Å²) >= 11 is 0. The number of benzene rings is 1. The number of rotatable bonds is 8. The van der Waals surface area contributed by atoms with Gasteiger partial charge in [-0.15, -0.1) is 0 Å². The van der Waals surface area contributed by atoms with Crippen molar-refractivity contribution in [1.29, 1.82) is 5.41 Å². The van der Waals surface area contributed by atoms with Crippen LogP contribution in [-0.2, 0) is 0 Å². The Hall–Kier alpha value is -2.67. The predicted octanol–water partition coefficient (Wildman–Crippen LogP) is 6.94. The first kappa shape index (κ1) is 20.4. The fraction of sp³-hybridized carbons (Fsp3) is 0.208. The van der Waals surface area contributed by atoms with Crippen LogP contribution in [0.25, 0.3) is 6.08 Å². The summed E-state index contributed by atoms with van der Waals surface area (Å²) in [5.74, 6) is 0.0400. The third-order valence-electron chi connectivity index (χ3n) is 3.93. The zero-order chi connectivity index (χ0) is 18.7. The molecule has 1 N–H and O–H groups in total. The van der Waals surface area contributed by atoms with Crippen LogP contribution in [0, 0.1) is 11.3 Å². The monoisotopic (exact) mass is 331 g/mol. The lowest BCUT2D eigenvalue weighted by atomic mass is 9.93. The molecule has 1 rings (SSSR count). The van der Waals surface area contributed by atoms with Crippen LogP contribution in [0.4, 0.5) is 0 Å². The third-order valence-corrected chi connectivity index (χ3v) is 3.93. The van der Waals surface area contributed by atoms with Gasteiger partial charge < -0.3 is 5.41 Å². The average Bonchev–Trinajstić information content (AvgIpc) is 2.63. The topological polar surface area (TPSA) is 23.9 Å². The molecule has 1 heteroatoms. The van der Waals surface area contributed by atoms with Gasteiger partial charge in [0.05, 0.1) is 0 Å². The lowest BCUT2D eigenvalue weighted by Crippen LogP contribution is -2.09. The summed E-state index contributed by atoms with van der Waals surface area (Å²) in [6, 6.07) is 10.2. The standard InChI is InChI=1S/C24H29N/c1-6-12-19(4)23(13-7-2)18-22(8-3)24(25)20(5)16-17-21-14-10-9-11-15-21/h6-18,20,25H,1H2,2-5H3/b13-7+,17-16+,19-12+,22-8+,23-18+,25-24?. The second-order valence-electron chi connectivity index (χ2n) is 5.90. The van der Waals surface area contributed by atoms with Crippen LogP contribution >= 0.6 is 0 Å². The molecule has 0 saturated heterocycles. The van der Waals surface area contributed by atoms with Crippen molar-refractivity contribution in [2.75, 3.05) is 0 Å². The number of allylic oxidation sites excluding steroid dienone is 10. The molecule has 1 nitrogen and oxygen atoms in total. The van der Waals surface area contributed by atoms with Gasteiger partial charge in [-0.25, -0.2) is 0 Å². The highest BCUT2D eigenvalue weighted by Crippen LogP contribution is 2.18. The summed E-state index contributed by atoms with van der Waals surface area (Å²) in [6.45, 7) is 11.9. The molecule has 25 heavy (non-hydrogen) atoms. The minimum Gasteiger partial charge on any atom is -0.304 e. The van der Waals surface area contributed by atoms with Gasteiger partial charge in [-0.2, -0.15) is 0 Å². The van der Waals surface area contributed by atoms with E-state index < -0.39 is 0 Å². The van der Waals surface area contributed by atoms with Crippen LogP contribution in [-0.4, -0.2) is 5.71 Å². The SMILES string of the molecule is C=C/C=C(C)/C(/C=C/C)=C/C(=C\C)C(=N)C(C)/C=C/c1ccccc1. The highest BCUT2D eigenvalue weighted by molar-refractivity contribution is 6.03. The molecule has 1 unspecified atom stereocenters. The van der Waals surface area contributed by atoms with Gasteiger partial charge in [0.1, 0.15) is 0 Å². The van der Waals surface area contributed by atoms with Crippen molar-refractivity contribution in [1.82, 2.24) is 0 Å². The number of hydrogen-bond acceptors (Lipinski definition) is 1. The Labute approximate surface area is 153 Å². The molecule has 130 valence electrons. The molecule has 1 atom stereocenters. The molecule has 1 aromatic carbocycles. The zero-order valence-corrected chi connectivity index (χ0v) is 15.8. The molecular weight excluding hydrogens is 302 g/mol. The molecule has 0 amide bonds. The fourth-order valence-corrected chi connectivity index (χ4v) is 2.41. The molecular formula is C24H29N. The van der Waals surface area contributed by atoms with E-state index in [1.165, 1.54) is 0 Å². The van der Waals surface area contributed by atoms with Gasteiger partial charge >= 0.3 is 0 Å². The predicted molar refractivity (Wildman–Crippen MR) is 113 cm³/mol. The molecule has 1 aromatic rings. The Balaban J connectivity index is 3.03. The molecule has 0 radical (unpaired) electrons. The molecule has 0 spiro atoms. The molecule has 0 aliphatic carbocycles. The minimum atomic E-state index is 0.0400. The summed E-state index contributed by atoms with van der Waals surface area (Å²) < 4.78 is 0. The van der Waals surface area contributed by atoms with E-state index in [4.69, 9.17) is 5.41 Å². The van der Waals surface area contributed by atoms with Gasteiger partial charge in [-0.05, 0) is 49.1 Å². The second-order valence-corrected chi connectivity index (χ2v) is 5.90. The summed E-state index contributed by atoms with van der Waals surface area (Å²) in [4.78, 5) is 0. The summed E-state index contributed by atoms with van der Waals surface area (Å²) in [7, 11) is 0. The van der Waals surface area contributed by atoms with Crippen LogP contribution in [0.5, 0.6) is 0 Å². The van der Waals surface area contributed by atoms with Crippen LogP contribution < -0.4 is 0 Å². The summed E-state index contributed by atoms with van der Waals surface area (Å²) in [5.41, 5.74) is 4.93. The minimum absolute atomic E-state index is 0.0400. The highest BCUT2D eigenvalue weighted by Gasteiger charge is 2.10. The quantitative estimate of drug-likeness (QED) is 0.394. The summed E-state index contributed by atoms with van der Waals surface area (Å²) in [6.07, 6.45) is 16.1. The maximum absolute atomic E-state index is 8.56. The fourth-order valence-electron chi connectivity index (χ4n) is 2.41. The first-order valence-corrected chi connectivity index (χ1v) is 8.66. The Bertz CT molecular complexity index is 725. The normalized spacial score (nSPS) is 15.0. The van der Waals surface area contributed by atoms with Gasteiger partial charge in [-0.1, -0.05) is 86.4 Å². The first-order valence-electron chi connectivity index (χ1n) is 8.66. The smallest absolute Gasteiger partial charge is 0.0448 e. The number of nitrogens with one attached hydrogen (secondary N) is 1. The Kier molecular flexibility index (Phi) is 8.95. The largest absolute Gasteiger partial charge is 0.304 e. The van der Waals surface area contributed by atoms with E-state index >= 15 is 0 Å². The Morgan fingerprint density at radius 1 is 1.12 bits per heavy atom. The highest BCUT2D eigenvalue weighted by atomic mass is 14.4. The third kappa shape index (κ3) is 6.76. The van der Waals surface area contributed by atoms with E-state index in [0.717, 1.165) is 22.3 Å². The van der Waals surface area contributed by atoms with E-state index in [1.807, 2.05) is 50.3 Å². The van der Waals surface area contributed by atoms with Crippen LogP contribution in [0.2, 0.25) is 0 Å². The Morgan fingerprint density at radius 2 is 1.80 bits per heavy atom. The van der Waals surface area contributed by atoms with Crippen molar-refractivity contribution in [3.8, 4) is 0 Å². The first-order chi connectivity index (χ1) is 12.0. The number of hydrogen-bond donors (Lipinski definition) is 1. The molecule has 0 heterocycles. The van der Waals surface area contributed by atoms with Gasteiger partial charge in [0.15, 0.2) is 0 Å². The van der Waals surface area contributed by atoms with E-state index in [0.29, 0.717) is 5.71 Å². The van der Waals surface area contributed by atoms with Crippen molar-refractivity contribution in [2.24, 2.45) is 5.92 Å². The lowest BCUT2D eigenvalue weighted by Gasteiger charge is -2.12. The maximum atomic E-state index is 8.56.